The van der Waals surface area contributed by atoms with Gasteiger partial charge in [-0.05, 0) is 42.8 Å². The number of alkyl halides is 3. The maximum atomic E-state index is 12.4. The number of sulfonamides is 1. The summed E-state index contributed by atoms with van der Waals surface area (Å²) in [4.78, 5) is 0.0762. The lowest BCUT2D eigenvalue weighted by atomic mass is 10.1. The SMILES string of the molecule is Cc1ccc(S(=O)(=O)/N=C/C=C/c2ccc(C(F)(F)F)cc2)cc1. The second-order valence-electron chi connectivity index (χ2n) is 5.02. The van der Waals surface area contributed by atoms with Crippen LogP contribution in [0.4, 0.5) is 13.2 Å². The van der Waals surface area contributed by atoms with Crippen LogP contribution in [0, 0.1) is 6.92 Å². The Morgan fingerprint density at radius 1 is 0.958 bits per heavy atom. The van der Waals surface area contributed by atoms with Gasteiger partial charge in [-0.3, -0.25) is 0 Å². The highest BCUT2D eigenvalue weighted by Crippen LogP contribution is 2.29. The number of hydrogen-bond acceptors (Lipinski definition) is 2. The summed E-state index contributed by atoms with van der Waals surface area (Å²) in [6.07, 6.45) is -0.471. The van der Waals surface area contributed by atoms with E-state index in [-0.39, 0.29) is 4.90 Å². The second-order valence-corrected chi connectivity index (χ2v) is 6.65. The maximum Gasteiger partial charge on any atom is 0.416 e. The van der Waals surface area contributed by atoms with Crippen molar-refractivity contribution < 1.29 is 21.6 Å². The van der Waals surface area contributed by atoms with E-state index in [0.717, 1.165) is 23.9 Å². The molecule has 0 amide bonds. The molecule has 3 nitrogen and oxygen atoms in total. The molecule has 2 rings (SSSR count). The van der Waals surface area contributed by atoms with Crippen LogP contribution in [-0.4, -0.2) is 14.6 Å². The van der Waals surface area contributed by atoms with Crippen LogP contribution in [0.3, 0.4) is 0 Å². The van der Waals surface area contributed by atoms with E-state index in [2.05, 4.69) is 4.40 Å². The second kappa shape index (κ2) is 7.00. The van der Waals surface area contributed by atoms with Crippen molar-refractivity contribution in [1.29, 1.82) is 0 Å². The van der Waals surface area contributed by atoms with E-state index in [0.29, 0.717) is 5.56 Å². The number of benzene rings is 2. The summed E-state index contributed by atoms with van der Waals surface area (Å²) in [5.41, 5.74) is 0.692. The van der Waals surface area contributed by atoms with E-state index < -0.39 is 21.8 Å². The molecule has 0 unspecified atom stereocenters. The molecule has 2 aromatic rings. The molecule has 0 saturated carbocycles. The zero-order valence-electron chi connectivity index (χ0n) is 12.7. The van der Waals surface area contributed by atoms with Crippen molar-refractivity contribution in [3.63, 3.8) is 0 Å². The van der Waals surface area contributed by atoms with Crippen molar-refractivity contribution in [3.05, 3.63) is 71.3 Å². The molecule has 0 aliphatic carbocycles. The van der Waals surface area contributed by atoms with Crippen molar-refractivity contribution in [2.24, 2.45) is 4.40 Å². The first-order valence-electron chi connectivity index (χ1n) is 6.89. The standard InChI is InChI=1S/C17H14F3NO2S/c1-13-4-10-16(11-5-13)24(22,23)21-12-2-3-14-6-8-15(9-7-14)17(18,19)20/h2-12H,1H3/b3-2+,21-12+. The number of rotatable bonds is 4. The minimum absolute atomic E-state index is 0.0762. The zero-order valence-corrected chi connectivity index (χ0v) is 13.5. The number of nitrogens with zero attached hydrogens (tertiary/aromatic N) is 1. The molecule has 0 aliphatic rings. The third kappa shape index (κ3) is 4.79. The molecule has 0 aliphatic heterocycles. The van der Waals surface area contributed by atoms with Gasteiger partial charge in [0.1, 0.15) is 0 Å². The third-order valence-corrected chi connectivity index (χ3v) is 4.40. The van der Waals surface area contributed by atoms with Crippen molar-refractivity contribution in [1.82, 2.24) is 0 Å². The summed E-state index contributed by atoms with van der Waals surface area (Å²) in [5.74, 6) is 0. The van der Waals surface area contributed by atoms with E-state index in [1.807, 2.05) is 6.92 Å². The molecule has 0 atom stereocenters. The predicted octanol–water partition coefficient (Wildman–Crippen LogP) is 4.49. The van der Waals surface area contributed by atoms with E-state index in [1.165, 1.54) is 36.4 Å². The Hall–Kier alpha value is -2.41. The van der Waals surface area contributed by atoms with Crippen LogP contribution in [0.1, 0.15) is 16.7 Å². The van der Waals surface area contributed by atoms with Gasteiger partial charge < -0.3 is 0 Å². The van der Waals surface area contributed by atoms with E-state index >= 15 is 0 Å². The molecule has 0 saturated heterocycles. The van der Waals surface area contributed by atoms with Crippen LogP contribution in [0.2, 0.25) is 0 Å². The monoisotopic (exact) mass is 353 g/mol. The van der Waals surface area contributed by atoms with Crippen LogP contribution < -0.4 is 0 Å². The van der Waals surface area contributed by atoms with E-state index in [4.69, 9.17) is 0 Å². The van der Waals surface area contributed by atoms with Gasteiger partial charge in [-0.15, -0.1) is 0 Å². The average molecular weight is 353 g/mol. The molecule has 0 radical (unpaired) electrons. The van der Waals surface area contributed by atoms with Gasteiger partial charge >= 0.3 is 6.18 Å². The van der Waals surface area contributed by atoms with Crippen LogP contribution in [0.5, 0.6) is 0 Å². The van der Waals surface area contributed by atoms with Crippen molar-refractivity contribution in [2.75, 3.05) is 0 Å². The Morgan fingerprint density at radius 2 is 1.54 bits per heavy atom. The minimum Gasteiger partial charge on any atom is -0.199 e. The van der Waals surface area contributed by atoms with Crippen LogP contribution in [0.15, 0.2) is 63.9 Å². The highest BCUT2D eigenvalue weighted by molar-refractivity contribution is 7.90. The van der Waals surface area contributed by atoms with Gasteiger partial charge in [-0.25, -0.2) is 0 Å². The summed E-state index contributed by atoms with van der Waals surface area (Å²) < 4.78 is 64.7. The van der Waals surface area contributed by atoms with Crippen LogP contribution in [-0.2, 0) is 16.2 Å². The van der Waals surface area contributed by atoms with Crippen molar-refractivity contribution in [3.8, 4) is 0 Å². The normalized spacial score (nSPS) is 13.0. The number of aryl methyl sites for hydroxylation is 1. The fraction of sp³-hybridized carbons (Fsp3) is 0.118. The molecule has 0 bridgehead atoms. The summed E-state index contributed by atoms with van der Waals surface area (Å²) in [6, 6.07) is 10.8. The zero-order chi connectivity index (χ0) is 17.8. The molecule has 0 N–H and O–H groups in total. The number of hydrogen-bond donors (Lipinski definition) is 0. The molecule has 0 spiro atoms. The minimum atomic E-state index is -4.38. The highest BCUT2D eigenvalue weighted by Gasteiger charge is 2.29. The molecule has 7 heteroatoms. The Labute approximate surface area is 138 Å². The van der Waals surface area contributed by atoms with E-state index in [9.17, 15) is 21.6 Å². The summed E-state index contributed by atoms with van der Waals surface area (Å²) in [7, 11) is -3.79. The van der Waals surface area contributed by atoms with Gasteiger partial charge in [-0.2, -0.15) is 26.0 Å². The summed E-state index contributed by atoms with van der Waals surface area (Å²) >= 11 is 0. The Balaban J connectivity index is 2.07. The molecule has 0 heterocycles. The molecular formula is C17H14F3NO2S. The Bertz CT molecular complexity index is 850. The lowest BCUT2D eigenvalue weighted by molar-refractivity contribution is -0.137. The molecule has 2 aromatic carbocycles. The average Bonchev–Trinajstić information content (AvgIpc) is 2.52. The van der Waals surface area contributed by atoms with Gasteiger partial charge in [-0.1, -0.05) is 35.9 Å². The van der Waals surface area contributed by atoms with Gasteiger partial charge in [0.2, 0.25) is 0 Å². The van der Waals surface area contributed by atoms with Gasteiger partial charge in [0, 0.05) is 6.21 Å². The number of allylic oxidation sites excluding steroid dienone is 1. The first kappa shape index (κ1) is 17.9. The number of halogens is 3. The molecule has 0 fully saturated rings. The first-order valence-corrected chi connectivity index (χ1v) is 8.33. The quantitative estimate of drug-likeness (QED) is 0.761. The fourth-order valence-corrected chi connectivity index (χ4v) is 2.66. The third-order valence-electron chi connectivity index (χ3n) is 3.13. The van der Waals surface area contributed by atoms with Crippen molar-refractivity contribution in [2.45, 2.75) is 18.0 Å². The van der Waals surface area contributed by atoms with E-state index in [1.54, 1.807) is 12.1 Å². The fourth-order valence-electron chi connectivity index (χ4n) is 1.82. The lowest BCUT2D eigenvalue weighted by Crippen LogP contribution is -2.03. The Morgan fingerprint density at radius 3 is 2.08 bits per heavy atom. The van der Waals surface area contributed by atoms with Gasteiger partial charge in [0.05, 0.1) is 10.5 Å². The summed E-state index contributed by atoms with van der Waals surface area (Å²) in [5, 5.41) is 0. The Kier molecular flexibility index (Phi) is 5.23. The van der Waals surface area contributed by atoms with Crippen LogP contribution in [0.25, 0.3) is 6.08 Å². The lowest BCUT2D eigenvalue weighted by Gasteiger charge is -2.05. The largest absolute Gasteiger partial charge is 0.416 e. The smallest absolute Gasteiger partial charge is 0.199 e. The molecule has 126 valence electrons. The highest BCUT2D eigenvalue weighted by atomic mass is 32.2. The maximum absolute atomic E-state index is 12.4. The topological polar surface area (TPSA) is 46.5 Å². The molecular weight excluding hydrogens is 339 g/mol. The molecule has 0 aromatic heterocycles. The molecule has 24 heavy (non-hydrogen) atoms. The van der Waals surface area contributed by atoms with Gasteiger partial charge in [0.25, 0.3) is 10.0 Å². The van der Waals surface area contributed by atoms with Gasteiger partial charge in [0.15, 0.2) is 0 Å². The van der Waals surface area contributed by atoms with Crippen LogP contribution >= 0.6 is 0 Å². The summed E-state index contributed by atoms with van der Waals surface area (Å²) in [6.45, 7) is 1.84. The first-order chi connectivity index (χ1) is 11.2. The predicted molar refractivity (Wildman–Crippen MR) is 87.3 cm³/mol. The van der Waals surface area contributed by atoms with Crippen molar-refractivity contribution >= 4 is 22.3 Å².